The molecular weight excluding hydrogens is 301 g/mol. The summed E-state index contributed by atoms with van der Waals surface area (Å²) >= 11 is 1.99. The number of halogens is 1. The minimum Gasteiger partial charge on any atom is -0.225 e. The van der Waals surface area contributed by atoms with Gasteiger partial charge in [0.2, 0.25) is 10.0 Å². The molecule has 0 spiro atoms. The van der Waals surface area contributed by atoms with Crippen LogP contribution in [0.3, 0.4) is 0 Å². The Bertz CT molecular complexity index is 440. The van der Waals surface area contributed by atoms with Crippen molar-refractivity contribution in [1.82, 2.24) is 0 Å². The van der Waals surface area contributed by atoms with Crippen LogP contribution in [0, 0.1) is 17.4 Å². The van der Waals surface area contributed by atoms with Gasteiger partial charge in [0.15, 0.2) is 0 Å². The topological polar surface area (TPSA) is 60.2 Å². The quantitative estimate of drug-likeness (QED) is 0.800. The van der Waals surface area contributed by atoms with Crippen LogP contribution in [0.4, 0.5) is 0 Å². The van der Waals surface area contributed by atoms with Gasteiger partial charge in [-0.05, 0) is 53.6 Å². The maximum atomic E-state index is 11.1. The second-order valence-electron chi connectivity index (χ2n) is 2.94. The molecule has 1 rings (SSSR count). The monoisotopic (exact) mass is 311 g/mol. The highest BCUT2D eigenvalue weighted by Gasteiger charge is 2.14. The average molecular weight is 311 g/mol. The summed E-state index contributed by atoms with van der Waals surface area (Å²) in [5, 5.41) is 5.06. The van der Waals surface area contributed by atoms with E-state index in [1.807, 2.05) is 42.5 Å². The van der Waals surface area contributed by atoms with Gasteiger partial charge in [0, 0.05) is 3.57 Å². The van der Waals surface area contributed by atoms with Gasteiger partial charge < -0.3 is 0 Å². The third-order valence-electron chi connectivity index (χ3n) is 1.67. The van der Waals surface area contributed by atoms with E-state index in [-0.39, 0.29) is 4.90 Å². The maximum absolute atomic E-state index is 11.1. The molecule has 0 radical (unpaired) electrons. The van der Waals surface area contributed by atoms with Crippen LogP contribution < -0.4 is 5.14 Å². The second kappa shape index (κ2) is 3.55. The van der Waals surface area contributed by atoms with Gasteiger partial charge in [0.05, 0.1) is 4.90 Å². The Morgan fingerprint density at radius 3 is 2.31 bits per heavy atom. The van der Waals surface area contributed by atoms with Gasteiger partial charge in [-0.2, -0.15) is 0 Å². The van der Waals surface area contributed by atoms with Crippen molar-refractivity contribution in [1.29, 1.82) is 0 Å². The van der Waals surface area contributed by atoms with Crippen LogP contribution in [-0.4, -0.2) is 8.42 Å². The van der Waals surface area contributed by atoms with Gasteiger partial charge in [0.25, 0.3) is 0 Å². The Balaban J connectivity index is 3.56. The van der Waals surface area contributed by atoms with E-state index in [9.17, 15) is 8.42 Å². The van der Waals surface area contributed by atoms with Gasteiger partial charge in [-0.25, -0.2) is 13.6 Å². The molecule has 1 aromatic carbocycles. The lowest BCUT2D eigenvalue weighted by Gasteiger charge is -2.06. The number of rotatable bonds is 1. The number of hydrogen-bond acceptors (Lipinski definition) is 2. The van der Waals surface area contributed by atoms with Crippen molar-refractivity contribution >= 4 is 32.6 Å². The molecule has 0 aliphatic carbocycles. The molecular formula is C8H10INO2S. The molecule has 0 aliphatic heterocycles. The van der Waals surface area contributed by atoms with E-state index in [2.05, 4.69) is 0 Å². The lowest BCUT2D eigenvalue weighted by atomic mass is 10.2. The molecule has 0 aromatic heterocycles. The van der Waals surface area contributed by atoms with Crippen LogP contribution in [-0.2, 0) is 10.0 Å². The first kappa shape index (κ1) is 10.9. The number of hydrogen-bond donors (Lipinski definition) is 1. The van der Waals surface area contributed by atoms with E-state index in [0.717, 1.165) is 11.1 Å². The summed E-state index contributed by atoms with van der Waals surface area (Å²) in [6.07, 6.45) is 0. The zero-order valence-corrected chi connectivity index (χ0v) is 10.3. The van der Waals surface area contributed by atoms with E-state index < -0.39 is 10.0 Å². The summed E-state index contributed by atoms with van der Waals surface area (Å²) in [5.74, 6) is 0. The van der Waals surface area contributed by atoms with Crippen molar-refractivity contribution in [3.8, 4) is 0 Å². The highest BCUT2D eigenvalue weighted by atomic mass is 127. The predicted molar refractivity (Wildman–Crippen MR) is 60.0 cm³/mol. The zero-order valence-electron chi connectivity index (χ0n) is 7.33. The lowest BCUT2D eigenvalue weighted by Crippen LogP contribution is -2.14. The molecule has 0 fully saturated rings. The highest BCUT2D eigenvalue weighted by Crippen LogP contribution is 2.22. The SMILES string of the molecule is Cc1cc(C)c(I)c(S(N)(=O)=O)c1. The third-order valence-corrected chi connectivity index (χ3v) is 4.40. The van der Waals surface area contributed by atoms with Crippen molar-refractivity contribution in [2.24, 2.45) is 5.14 Å². The molecule has 1 aromatic rings. The van der Waals surface area contributed by atoms with Crippen molar-refractivity contribution < 1.29 is 8.42 Å². The van der Waals surface area contributed by atoms with Crippen molar-refractivity contribution in [2.45, 2.75) is 18.7 Å². The van der Waals surface area contributed by atoms with Gasteiger partial charge in [0.1, 0.15) is 0 Å². The minimum absolute atomic E-state index is 0.214. The van der Waals surface area contributed by atoms with Crippen LogP contribution in [0.2, 0.25) is 0 Å². The number of nitrogens with two attached hydrogens (primary N) is 1. The van der Waals surface area contributed by atoms with Crippen LogP contribution >= 0.6 is 22.6 Å². The first-order valence-electron chi connectivity index (χ1n) is 3.62. The Labute approximate surface area is 91.5 Å². The maximum Gasteiger partial charge on any atom is 0.239 e. The Hall–Kier alpha value is -0.140. The molecule has 5 heteroatoms. The molecule has 0 amide bonds. The average Bonchev–Trinajstić information content (AvgIpc) is 1.94. The Kier molecular flexibility index (Phi) is 2.98. The van der Waals surface area contributed by atoms with E-state index >= 15 is 0 Å². The van der Waals surface area contributed by atoms with E-state index in [1.54, 1.807) is 6.07 Å². The minimum atomic E-state index is -3.59. The molecule has 3 nitrogen and oxygen atoms in total. The number of aryl methyl sites for hydroxylation is 2. The van der Waals surface area contributed by atoms with Gasteiger partial charge in [-0.15, -0.1) is 0 Å². The second-order valence-corrected chi connectivity index (χ2v) is 5.55. The van der Waals surface area contributed by atoms with Crippen LogP contribution in [0.1, 0.15) is 11.1 Å². The lowest BCUT2D eigenvalue weighted by molar-refractivity contribution is 0.597. The summed E-state index contributed by atoms with van der Waals surface area (Å²) in [6.45, 7) is 3.71. The number of benzene rings is 1. The smallest absolute Gasteiger partial charge is 0.225 e. The first-order valence-corrected chi connectivity index (χ1v) is 6.24. The predicted octanol–water partition coefficient (Wildman–Crippen LogP) is 1.56. The largest absolute Gasteiger partial charge is 0.239 e. The van der Waals surface area contributed by atoms with Gasteiger partial charge in [-0.3, -0.25) is 0 Å². The van der Waals surface area contributed by atoms with Crippen LogP contribution in [0.15, 0.2) is 17.0 Å². The Morgan fingerprint density at radius 2 is 1.85 bits per heavy atom. The summed E-state index contributed by atoms with van der Waals surface area (Å²) < 4.78 is 23.0. The molecule has 0 atom stereocenters. The summed E-state index contributed by atoms with van der Waals surface area (Å²) in [6, 6.07) is 3.51. The molecule has 0 heterocycles. The van der Waals surface area contributed by atoms with Gasteiger partial charge in [-0.1, -0.05) is 6.07 Å². The Morgan fingerprint density at radius 1 is 1.31 bits per heavy atom. The molecule has 0 bridgehead atoms. The van der Waals surface area contributed by atoms with Crippen LogP contribution in [0.25, 0.3) is 0 Å². The van der Waals surface area contributed by atoms with E-state index in [0.29, 0.717) is 3.57 Å². The molecule has 13 heavy (non-hydrogen) atoms. The summed E-state index contributed by atoms with van der Waals surface area (Å²) in [7, 11) is -3.59. The van der Waals surface area contributed by atoms with E-state index in [1.165, 1.54) is 0 Å². The summed E-state index contributed by atoms with van der Waals surface area (Å²) in [4.78, 5) is 0.214. The van der Waals surface area contributed by atoms with Gasteiger partial charge >= 0.3 is 0 Å². The molecule has 0 saturated carbocycles. The fourth-order valence-corrected chi connectivity index (χ4v) is 3.11. The number of sulfonamides is 1. The summed E-state index contributed by atoms with van der Waals surface area (Å²) in [5.41, 5.74) is 1.84. The number of primary sulfonamides is 1. The first-order chi connectivity index (χ1) is 5.82. The van der Waals surface area contributed by atoms with Crippen molar-refractivity contribution in [2.75, 3.05) is 0 Å². The molecule has 72 valence electrons. The van der Waals surface area contributed by atoms with E-state index in [4.69, 9.17) is 5.14 Å². The normalized spacial score (nSPS) is 11.7. The highest BCUT2D eigenvalue weighted by molar-refractivity contribution is 14.1. The fraction of sp³-hybridized carbons (Fsp3) is 0.250. The van der Waals surface area contributed by atoms with Crippen LogP contribution in [0.5, 0.6) is 0 Å². The third kappa shape index (κ3) is 2.41. The van der Waals surface area contributed by atoms with Crippen molar-refractivity contribution in [3.63, 3.8) is 0 Å². The standard InChI is InChI=1S/C8H10INO2S/c1-5-3-6(2)8(9)7(4-5)13(10,11)12/h3-4H,1-2H3,(H2,10,11,12). The zero-order chi connectivity index (χ0) is 10.2. The van der Waals surface area contributed by atoms with Crippen molar-refractivity contribution in [3.05, 3.63) is 26.8 Å². The molecule has 0 aliphatic rings. The molecule has 0 saturated heterocycles. The fourth-order valence-electron chi connectivity index (χ4n) is 1.12. The molecule has 0 unspecified atom stereocenters. The molecule has 2 N–H and O–H groups in total.